The summed E-state index contributed by atoms with van der Waals surface area (Å²) >= 11 is 1.74. The highest BCUT2D eigenvalue weighted by atomic mass is 32.1. The third-order valence-corrected chi connectivity index (χ3v) is 5.25. The number of nitrogens with one attached hydrogen (secondary N) is 1. The number of aryl methyl sites for hydroxylation is 1. The van der Waals surface area contributed by atoms with Crippen LogP contribution in [0.2, 0.25) is 0 Å². The van der Waals surface area contributed by atoms with Crippen LogP contribution in [0, 0.1) is 0 Å². The first-order chi connectivity index (χ1) is 12.6. The van der Waals surface area contributed by atoms with Crippen LogP contribution in [-0.2, 0) is 17.8 Å². The topological polar surface area (TPSA) is 58.1 Å². The van der Waals surface area contributed by atoms with Gasteiger partial charge >= 0.3 is 0 Å². The summed E-state index contributed by atoms with van der Waals surface area (Å²) in [5.74, 6) is 0.978. The van der Waals surface area contributed by atoms with E-state index in [1.807, 2.05) is 49.3 Å². The summed E-state index contributed by atoms with van der Waals surface area (Å²) in [5.41, 5.74) is 2.10. The predicted octanol–water partition coefficient (Wildman–Crippen LogP) is 3.79. The van der Waals surface area contributed by atoms with Crippen molar-refractivity contribution in [2.75, 3.05) is 19.0 Å². The van der Waals surface area contributed by atoms with Crippen LogP contribution in [0.15, 0.2) is 42.6 Å². The molecule has 1 aromatic carbocycles. The van der Waals surface area contributed by atoms with Gasteiger partial charge in [0.1, 0.15) is 5.82 Å². The Morgan fingerprint density at radius 1 is 1.15 bits per heavy atom. The Kier molecular flexibility index (Phi) is 6.17. The van der Waals surface area contributed by atoms with Crippen LogP contribution in [0.1, 0.15) is 29.8 Å². The predicted molar refractivity (Wildman–Crippen MR) is 108 cm³/mol. The molecule has 0 aliphatic heterocycles. The van der Waals surface area contributed by atoms with Gasteiger partial charge in [-0.1, -0.05) is 18.2 Å². The van der Waals surface area contributed by atoms with Gasteiger partial charge in [-0.2, -0.15) is 0 Å². The molecule has 26 heavy (non-hydrogen) atoms. The number of hydrogen-bond donors (Lipinski definition) is 1. The molecule has 0 spiro atoms. The number of aromatic nitrogens is 2. The second kappa shape index (κ2) is 8.76. The average molecular weight is 369 g/mol. The summed E-state index contributed by atoms with van der Waals surface area (Å²) in [5, 5.41) is 4.15. The van der Waals surface area contributed by atoms with E-state index < -0.39 is 0 Å². The van der Waals surface area contributed by atoms with Crippen molar-refractivity contribution in [3.8, 4) is 0 Å². The number of nitrogens with zero attached hydrogens (tertiary/aromatic N) is 3. The van der Waals surface area contributed by atoms with Crippen molar-refractivity contribution < 1.29 is 4.79 Å². The Morgan fingerprint density at radius 3 is 2.81 bits per heavy atom. The Bertz CT molecular complexity index is 842. The van der Waals surface area contributed by atoms with Gasteiger partial charge in [0.05, 0.1) is 15.2 Å². The van der Waals surface area contributed by atoms with Gasteiger partial charge in [0.2, 0.25) is 5.91 Å². The lowest BCUT2D eigenvalue weighted by Gasteiger charge is -2.16. The molecule has 1 N–H and O–H groups in total. The molecule has 2 heterocycles. The molecule has 0 aliphatic rings. The Morgan fingerprint density at radius 2 is 2.00 bits per heavy atom. The minimum absolute atomic E-state index is 0.0860. The lowest BCUT2D eigenvalue weighted by atomic mass is 10.2. The minimum Gasteiger partial charge on any atom is -0.362 e. The summed E-state index contributed by atoms with van der Waals surface area (Å²) in [6.07, 6.45) is 5.09. The van der Waals surface area contributed by atoms with Gasteiger partial charge in [-0.3, -0.25) is 4.79 Å². The fraction of sp³-hybridized carbons (Fsp3) is 0.350. The fourth-order valence-corrected chi connectivity index (χ4v) is 3.85. The number of thiazole rings is 1. The van der Waals surface area contributed by atoms with Crippen LogP contribution in [0.25, 0.3) is 10.2 Å². The van der Waals surface area contributed by atoms with Crippen LogP contribution in [0.4, 0.5) is 5.82 Å². The third kappa shape index (κ3) is 4.79. The van der Waals surface area contributed by atoms with E-state index in [0.29, 0.717) is 13.0 Å². The first-order valence-electron chi connectivity index (χ1n) is 8.86. The lowest BCUT2D eigenvalue weighted by Crippen LogP contribution is -2.24. The number of carbonyl (C=O) groups is 1. The molecule has 0 unspecified atom stereocenters. The van der Waals surface area contributed by atoms with Gasteiger partial charge in [0.15, 0.2) is 0 Å². The molecule has 1 amide bonds. The normalized spacial score (nSPS) is 10.8. The zero-order valence-electron chi connectivity index (χ0n) is 15.2. The molecular formula is C20H24N4OS. The SMILES string of the molecule is CN(C)c1ncccc1CNC(=O)CCCCc1nc2ccccc2s1. The van der Waals surface area contributed by atoms with Crippen LogP contribution in [0.3, 0.4) is 0 Å². The molecule has 0 radical (unpaired) electrons. The molecule has 2 aromatic heterocycles. The number of amides is 1. The number of pyridine rings is 1. The standard InChI is InChI=1S/C20H24N4OS/c1-24(2)20-15(8-7-13-21-20)14-22-18(25)11-5-6-12-19-23-16-9-3-4-10-17(16)26-19/h3-4,7-10,13H,5-6,11-12,14H2,1-2H3,(H,22,25). The fourth-order valence-electron chi connectivity index (χ4n) is 2.84. The summed E-state index contributed by atoms with van der Waals surface area (Å²) in [4.78, 5) is 23.0. The average Bonchev–Trinajstić information content (AvgIpc) is 3.06. The number of rotatable bonds is 8. The summed E-state index contributed by atoms with van der Waals surface area (Å²) in [7, 11) is 3.91. The molecule has 0 fully saturated rings. The molecule has 0 saturated carbocycles. The molecule has 136 valence electrons. The van der Waals surface area contributed by atoms with Crippen LogP contribution in [-0.4, -0.2) is 30.0 Å². The van der Waals surface area contributed by atoms with Gasteiger partial charge in [-0.15, -0.1) is 11.3 Å². The number of unbranched alkanes of at least 4 members (excludes halogenated alkanes) is 1. The zero-order valence-corrected chi connectivity index (χ0v) is 16.1. The molecule has 3 aromatic rings. The number of carbonyl (C=O) groups excluding carboxylic acids is 1. The first-order valence-corrected chi connectivity index (χ1v) is 9.67. The molecule has 0 atom stereocenters. The van der Waals surface area contributed by atoms with Crippen LogP contribution < -0.4 is 10.2 Å². The second-order valence-corrected chi connectivity index (χ2v) is 7.55. The summed E-state index contributed by atoms with van der Waals surface area (Å²) < 4.78 is 1.23. The Labute approximate surface area is 158 Å². The zero-order chi connectivity index (χ0) is 18.4. The molecule has 0 bridgehead atoms. The van der Waals surface area contributed by atoms with E-state index >= 15 is 0 Å². The van der Waals surface area contributed by atoms with Crippen molar-refractivity contribution in [1.29, 1.82) is 0 Å². The molecule has 0 aliphatic carbocycles. The van der Waals surface area contributed by atoms with E-state index in [9.17, 15) is 4.79 Å². The molecular weight excluding hydrogens is 344 g/mol. The molecule has 5 nitrogen and oxygen atoms in total. The number of para-hydroxylation sites is 1. The summed E-state index contributed by atoms with van der Waals surface area (Å²) in [6.45, 7) is 0.512. The molecule has 6 heteroatoms. The maximum Gasteiger partial charge on any atom is 0.220 e. The minimum atomic E-state index is 0.0860. The van der Waals surface area contributed by atoms with Crippen molar-refractivity contribution in [3.63, 3.8) is 0 Å². The summed E-state index contributed by atoms with van der Waals surface area (Å²) in [6, 6.07) is 12.1. The first kappa shape index (κ1) is 18.3. The van der Waals surface area contributed by atoms with Crippen molar-refractivity contribution in [2.24, 2.45) is 0 Å². The van der Waals surface area contributed by atoms with Crippen molar-refractivity contribution in [1.82, 2.24) is 15.3 Å². The van der Waals surface area contributed by atoms with Crippen LogP contribution >= 0.6 is 11.3 Å². The highest BCUT2D eigenvalue weighted by Gasteiger charge is 2.08. The van der Waals surface area contributed by atoms with Crippen molar-refractivity contribution in [3.05, 3.63) is 53.2 Å². The monoisotopic (exact) mass is 368 g/mol. The quantitative estimate of drug-likeness (QED) is 0.615. The maximum absolute atomic E-state index is 12.1. The van der Waals surface area contributed by atoms with E-state index in [1.54, 1.807) is 17.5 Å². The van der Waals surface area contributed by atoms with E-state index in [-0.39, 0.29) is 5.91 Å². The van der Waals surface area contributed by atoms with E-state index in [2.05, 4.69) is 21.4 Å². The van der Waals surface area contributed by atoms with Gasteiger partial charge in [0, 0.05) is 38.8 Å². The molecule has 3 rings (SSSR count). The number of fused-ring (bicyclic) bond motifs is 1. The second-order valence-electron chi connectivity index (χ2n) is 6.44. The smallest absolute Gasteiger partial charge is 0.220 e. The number of hydrogen-bond acceptors (Lipinski definition) is 5. The van der Waals surface area contributed by atoms with Gasteiger partial charge in [0.25, 0.3) is 0 Å². The Hall–Kier alpha value is -2.47. The van der Waals surface area contributed by atoms with Gasteiger partial charge in [-0.05, 0) is 37.5 Å². The van der Waals surface area contributed by atoms with Crippen LogP contribution in [0.5, 0.6) is 0 Å². The van der Waals surface area contributed by atoms with Crippen molar-refractivity contribution in [2.45, 2.75) is 32.2 Å². The van der Waals surface area contributed by atoms with Gasteiger partial charge < -0.3 is 10.2 Å². The van der Waals surface area contributed by atoms with E-state index in [4.69, 9.17) is 0 Å². The number of anilines is 1. The van der Waals surface area contributed by atoms with E-state index in [0.717, 1.165) is 41.2 Å². The van der Waals surface area contributed by atoms with E-state index in [1.165, 1.54) is 4.70 Å². The molecule has 0 saturated heterocycles. The van der Waals surface area contributed by atoms with Gasteiger partial charge in [-0.25, -0.2) is 9.97 Å². The lowest BCUT2D eigenvalue weighted by molar-refractivity contribution is -0.121. The van der Waals surface area contributed by atoms with Crippen molar-refractivity contribution >= 4 is 33.3 Å². The Balaban J connectivity index is 1.40. The number of benzene rings is 1. The largest absolute Gasteiger partial charge is 0.362 e. The maximum atomic E-state index is 12.1. The third-order valence-electron chi connectivity index (χ3n) is 4.15. The highest BCUT2D eigenvalue weighted by molar-refractivity contribution is 7.18. The highest BCUT2D eigenvalue weighted by Crippen LogP contribution is 2.22.